The number of hydrogen-bond donors (Lipinski definition) is 0. The first-order valence-corrected chi connectivity index (χ1v) is 6.35. The van der Waals surface area contributed by atoms with Gasteiger partial charge in [0, 0.05) is 13.1 Å². The predicted molar refractivity (Wildman–Crippen MR) is 68.4 cm³/mol. The SMILES string of the molecule is Clc1cnn(-c2nc(Cl)nc(N3CCCC3)n2)c1. The molecule has 1 saturated heterocycles. The molecule has 1 aliphatic heterocycles. The lowest BCUT2D eigenvalue weighted by Gasteiger charge is -2.15. The lowest BCUT2D eigenvalue weighted by atomic mass is 10.4. The van der Waals surface area contributed by atoms with E-state index in [1.54, 1.807) is 6.20 Å². The smallest absolute Gasteiger partial charge is 0.256 e. The van der Waals surface area contributed by atoms with Gasteiger partial charge in [0.2, 0.25) is 11.2 Å². The Hall–Kier alpha value is -1.40. The van der Waals surface area contributed by atoms with E-state index in [0.717, 1.165) is 25.9 Å². The van der Waals surface area contributed by atoms with E-state index in [-0.39, 0.29) is 5.28 Å². The van der Waals surface area contributed by atoms with E-state index in [1.807, 2.05) is 0 Å². The third kappa shape index (κ3) is 2.26. The van der Waals surface area contributed by atoms with Crippen LogP contribution in [0.2, 0.25) is 10.3 Å². The molecule has 0 N–H and O–H groups in total. The van der Waals surface area contributed by atoms with Crippen molar-refractivity contribution < 1.29 is 0 Å². The fourth-order valence-electron chi connectivity index (χ4n) is 1.90. The number of rotatable bonds is 2. The Balaban J connectivity index is 1.99. The van der Waals surface area contributed by atoms with E-state index in [2.05, 4.69) is 25.0 Å². The Morgan fingerprint density at radius 3 is 2.39 bits per heavy atom. The van der Waals surface area contributed by atoms with Crippen LogP contribution in [0.1, 0.15) is 12.8 Å². The second-order valence-electron chi connectivity index (χ2n) is 4.00. The van der Waals surface area contributed by atoms with E-state index in [9.17, 15) is 0 Å². The summed E-state index contributed by atoms with van der Waals surface area (Å²) >= 11 is 11.7. The van der Waals surface area contributed by atoms with Crippen molar-refractivity contribution in [1.82, 2.24) is 24.7 Å². The van der Waals surface area contributed by atoms with Gasteiger partial charge in [-0.05, 0) is 24.4 Å². The molecule has 0 spiro atoms. The van der Waals surface area contributed by atoms with E-state index < -0.39 is 0 Å². The molecular formula is C10H10Cl2N6. The molecule has 18 heavy (non-hydrogen) atoms. The molecule has 8 heteroatoms. The molecule has 3 rings (SSSR count). The van der Waals surface area contributed by atoms with Crippen LogP contribution in [0.3, 0.4) is 0 Å². The zero-order valence-electron chi connectivity index (χ0n) is 9.42. The fraction of sp³-hybridized carbons (Fsp3) is 0.400. The van der Waals surface area contributed by atoms with Gasteiger partial charge >= 0.3 is 0 Å². The quantitative estimate of drug-likeness (QED) is 0.844. The van der Waals surface area contributed by atoms with E-state index in [0.29, 0.717) is 16.9 Å². The first kappa shape index (κ1) is 11.7. The summed E-state index contributed by atoms with van der Waals surface area (Å²) in [5, 5.41) is 4.73. The predicted octanol–water partition coefficient (Wildman–Crippen LogP) is 1.96. The molecule has 0 amide bonds. The average molecular weight is 285 g/mol. The Labute approximate surface area is 114 Å². The highest BCUT2D eigenvalue weighted by atomic mass is 35.5. The molecule has 0 aromatic carbocycles. The molecule has 2 aromatic rings. The Morgan fingerprint density at radius 1 is 1.00 bits per heavy atom. The molecule has 2 aromatic heterocycles. The molecule has 1 aliphatic rings. The van der Waals surface area contributed by atoms with Crippen LogP contribution in [0.15, 0.2) is 12.4 Å². The van der Waals surface area contributed by atoms with Gasteiger partial charge in [0.05, 0.1) is 17.4 Å². The normalized spacial score (nSPS) is 15.3. The van der Waals surface area contributed by atoms with Crippen molar-refractivity contribution in [2.75, 3.05) is 18.0 Å². The lowest BCUT2D eigenvalue weighted by molar-refractivity contribution is 0.778. The first-order valence-electron chi connectivity index (χ1n) is 5.59. The van der Waals surface area contributed by atoms with E-state index in [4.69, 9.17) is 23.2 Å². The van der Waals surface area contributed by atoms with Gasteiger partial charge in [-0.1, -0.05) is 11.6 Å². The number of hydrogen-bond acceptors (Lipinski definition) is 5. The number of anilines is 1. The maximum absolute atomic E-state index is 5.92. The van der Waals surface area contributed by atoms with Crippen molar-refractivity contribution in [3.63, 3.8) is 0 Å². The van der Waals surface area contributed by atoms with Crippen LogP contribution in [-0.2, 0) is 0 Å². The third-order valence-corrected chi connectivity index (χ3v) is 3.09. The molecule has 3 heterocycles. The van der Waals surface area contributed by atoms with Gasteiger partial charge in [0.15, 0.2) is 0 Å². The maximum atomic E-state index is 5.92. The topological polar surface area (TPSA) is 59.7 Å². The summed E-state index contributed by atoms with van der Waals surface area (Å²) in [6.07, 6.45) is 5.44. The number of nitrogens with zero attached hydrogens (tertiary/aromatic N) is 6. The molecular weight excluding hydrogens is 275 g/mol. The van der Waals surface area contributed by atoms with Crippen LogP contribution >= 0.6 is 23.2 Å². The summed E-state index contributed by atoms with van der Waals surface area (Å²) in [4.78, 5) is 14.6. The minimum Gasteiger partial charge on any atom is -0.341 e. The van der Waals surface area contributed by atoms with Crippen LogP contribution < -0.4 is 4.90 Å². The third-order valence-electron chi connectivity index (χ3n) is 2.73. The summed E-state index contributed by atoms with van der Waals surface area (Å²) in [6, 6.07) is 0. The van der Waals surface area contributed by atoms with Crippen LogP contribution in [0.5, 0.6) is 0 Å². The zero-order chi connectivity index (χ0) is 12.5. The average Bonchev–Trinajstić information content (AvgIpc) is 2.98. The van der Waals surface area contributed by atoms with Gasteiger partial charge in [-0.15, -0.1) is 0 Å². The van der Waals surface area contributed by atoms with Gasteiger partial charge in [-0.2, -0.15) is 20.1 Å². The van der Waals surface area contributed by atoms with E-state index in [1.165, 1.54) is 10.9 Å². The molecule has 0 saturated carbocycles. The van der Waals surface area contributed by atoms with Gasteiger partial charge < -0.3 is 4.90 Å². The monoisotopic (exact) mass is 284 g/mol. The molecule has 0 unspecified atom stereocenters. The molecule has 6 nitrogen and oxygen atoms in total. The highest BCUT2D eigenvalue weighted by Gasteiger charge is 2.17. The summed E-state index contributed by atoms with van der Waals surface area (Å²) in [6.45, 7) is 1.89. The fourth-order valence-corrected chi connectivity index (χ4v) is 2.19. The molecule has 0 atom stereocenters. The van der Waals surface area contributed by atoms with Crippen LogP contribution in [0.4, 0.5) is 5.95 Å². The second kappa shape index (κ2) is 4.70. The van der Waals surface area contributed by atoms with Crippen molar-refractivity contribution in [3.8, 4) is 5.95 Å². The lowest BCUT2D eigenvalue weighted by Crippen LogP contribution is -2.21. The first-order chi connectivity index (χ1) is 8.72. The molecule has 0 bridgehead atoms. The zero-order valence-corrected chi connectivity index (χ0v) is 10.9. The highest BCUT2D eigenvalue weighted by Crippen LogP contribution is 2.18. The van der Waals surface area contributed by atoms with Crippen LogP contribution in [0, 0.1) is 0 Å². The van der Waals surface area contributed by atoms with Gasteiger partial charge in [-0.25, -0.2) is 4.68 Å². The Morgan fingerprint density at radius 2 is 1.72 bits per heavy atom. The number of aromatic nitrogens is 5. The summed E-state index contributed by atoms with van der Waals surface area (Å²) in [5.74, 6) is 0.970. The minimum absolute atomic E-state index is 0.161. The minimum atomic E-state index is 0.161. The van der Waals surface area contributed by atoms with Crippen molar-refractivity contribution in [1.29, 1.82) is 0 Å². The van der Waals surface area contributed by atoms with Crippen molar-refractivity contribution in [2.45, 2.75) is 12.8 Å². The molecule has 1 fully saturated rings. The van der Waals surface area contributed by atoms with Crippen molar-refractivity contribution in [3.05, 3.63) is 22.7 Å². The molecule has 0 aliphatic carbocycles. The highest BCUT2D eigenvalue weighted by molar-refractivity contribution is 6.30. The van der Waals surface area contributed by atoms with Crippen LogP contribution in [-0.4, -0.2) is 37.8 Å². The second-order valence-corrected chi connectivity index (χ2v) is 4.78. The van der Waals surface area contributed by atoms with Gasteiger partial charge in [-0.3, -0.25) is 0 Å². The van der Waals surface area contributed by atoms with Gasteiger partial charge in [0.25, 0.3) is 5.95 Å². The summed E-state index contributed by atoms with van der Waals surface area (Å²) in [5.41, 5.74) is 0. The Bertz CT molecular complexity index is 563. The van der Waals surface area contributed by atoms with Crippen molar-refractivity contribution in [2.24, 2.45) is 0 Å². The van der Waals surface area contributed by atoms with E-state index >= 15 is 0 Å². The maximum Gasteiger partial charge on any atom is 0.256 e. The largest absolute Gasteiger partial charge is 0.341 e. The van der Waals surface area contributed by atoms with Crippen LogP contribution in [0.25, 0.3) is 5.95 Å². The molecule has 94 valence electrons. The van der Waals surface area contributed by atoms with Crippen molar-refractivity contribution >= 4 is 29.2 Å². The standard InChI is InChI=1S/C10H10Cl2N6/c11-7-5-13-18(6-7)10-15-8(12)14-9(16-10)17-3-1-2-4-17/h5-6H,1-4H2. The molecule has 0 radical (unpaired) electrons. The Kier molecular flexibility index (Phi) is 3.05. The summed E-state index contributed by atoms with van der Waals surface area (Å²) < 4.78 is 1.48. The number of halogens is 2. The van der Waals surface area contributed by atoms with Gasteiger partial charge in [0.1, 0.15) is 0 Å². The summed E-state index contributed by atoms with van der Waals surface area (Å²) in [7, 11) is 0.